The van der Waals surface area contributed by atoms with E-state index in [9.17, 15) is 9.59 Å². The van der Waals surface area contributed by atoms with Gasteiger partial charge in [0.05, 0.1) is 11.6 Å². The molecule has 7 nitrogen and oxygen atoms in total. The van der Waals surface area contributed by atoms with Gasteiger partial charge in [-0.25, -0.2) is 4.99 Å². The van der Waals surface area contributed by atoms with Crippen LogP contribution in [-0.4, -0.2) is 17.5 Å². The number of Topliss-reactive ketones (excluding diaryl/α,β-unsaturated/α-hetero) is 1. The lowest BCUT2D eigenvalue weighted by molar-refractivity contribution is -0.114. The number of rotatable bonds is 8. The third-order valence-corrected chi connectivity index (χ3v) is 8.66. The average Bonchev–Trinajstić information content (AvgIpc) is 3.61. The second-order valence-corrected chi connectivity index (χ2v) is 12.0. The van der Waals surface area contributed by atoms with E-state index in [0.29, 0.717) is 50.2 Å². The first-order valence-electron chi connectivity index (χ1n) is 13.6. The highest BCUT2D eigenvalue weighted by molar-refractivity contribution is 9.10. The maximum Gasteiger partial charge on any atom is 0.271 e. The van der Waals surface area contributed by atoms with Gasteiger partial charge in [0.2, 0.25) is 0 Å². The quantitative estimate of drug-likeness (QED) is 0.192. The van der Waals surface area contributed by atoms with Gasteiger partial charge in [0, 0.05) is 21.3 Å². The first kappa shape index (κ1) is 28.6. The molecule has 2 aromatic heterocycles. The van der Waals surface area contributed by atoms with Crippen LogP contribution in [0.2, 0.25) is 0 Å². The summed E-state index contributed by atoms with van der Waals surface area (Å²) in [5, 5.41) is 0. The standard InChI is InChI=1S/C34H27BrN2O5S/c1-20-31(21(2)38)32(28-16-15-26(42-28)24-10-12-25(35)13-11-24)37-33(39)30(43-34(37)36-20)18-23-9-14-27(29(17-23)40-3)41-19-22-7-5-4-6-8-22/h4-18,32H,19H2,1-3H3/b30-18+/t32-/m1/s1. The first-order chi connectivity index (χ1) is 20.8. The topological polar surface area (TPSA) is 83.0 Å². The summed E-state index contributed by atoms with van der Waals surface area (Å²) in [7, 11) is 1.58. The molecule has 43 heavy (non-hydrogen) atoms. The van der Waals surface area contributed by atoms with E-state index in [1.165, 1.54) is 18.3 Å². The summed E-state index contributed by atoms with van der Waals surface area (Å²) in [5.74, 6) is 2.13. The molecule has 1 atom stereocenters. The van der Waals surface area contributed by atoms with Crippen molar-refractivity contribution in [3.8, 4) is 22.8 Å². The number of hydrogen-bond acceptors (Lipinski definition) is 7. The lowest BCUT2D eigenvalue weighted by Crippen LogP contribution is -2.39. The molecule has 6 rings (SSSR count). The minimum absolute atomic E-state index is 0.169. The molecule has 9 heteroatoms. The predicted molar refractivity (Wildman–Crippen MR) is 170 cm³/mol. The van der Waals surface area contributed by atoms with E-state index in [1.807, 2.05) is 84.9 Å². The van der Waals surface area contributed by atoms with Gasteiger partial charge < -0.3 is 13.9 Å². The Bertz CT molecular complexity index is 2040. The Hall–Kier alpha value is -4.47. The van der Waals surface area contributed by atoms with E-state index in [1.54, 1.807) is 24.7 Å². The van der Waals surface area contributed by atoms with Crippen molar-refractivity contribution in [3.63, 3.8) is 0 Å². The first-order valence-corrected chi connectivity index (χ1v) is 15.2. The highest BCUT2D eigenvalue weighted by Crippen LogP contribution is 2.34. The van der Waals surface area contributed by atoms with E-state index in [0.717, 1.165) is 21.2 Å². The maximum absolute atomic E-state index is 13.9. The van der Waals surface area contributed by atoms with Crippen LogP contribution in [0.1, 0.15) is 36.8 Å². The molecule has 0 unspecified atom stereocenters. The van der Waals surface area contributed by atoms with Crippen molar-refractivity contribution >= 4 is 39.1 Å². The van der Waals surface area contributed by atoms with Gasteiger partial charge in [-0.3, -0.25) is 14.2 Å². The minimum atomic E-state index is -0.733. The number of methoxy groups -OCH3 is 1. The monoisotopic (exact) mass is 654 g/mol. The number of aromatic nitrogens is 1. The molecule has 0 N–H and O–H groups in total. The van der Waals surface area contributed by atoms with Crippen LogP contribution in [0.5, 0.6) is 11.5 Å². The fourth-order valence-corrected chi connectivity index (χ4v) is 6.40. The van der Waals surface area contributed by atoms with Crippen LogP contribution in [0.3, 0.4) is 0 Å². The summed E-state index contributed by atoms with van der Waals surface area (Å²) < 4.78 is 20.8. The lowest BCUT2D eigenvalue weighted by atomic mass is 9.98. The summed E-state index contributed by atoms with van der Waals surface area (Å²) in [6.07, 6.45) is 1.80. The number of halogens is 1. The zero-order valence-electron chi connectivity index (χ0n) is 23.7. The molecule has 0 saturated carbocycles. The van der Waals surface area contributed by atoms with Crippen LogP contribution in [0.25, 0.3) is 17.4 Å². The van der Waals surface area contributed by atoms with E-state index in [4.69, 9.17) is 13.9 Å². The average molecular weight is 656 g/mol. The fraction of sp³-hybridized carbons (Fsp3) is 0.147. The summed E-state index contributed by atoms with van der Waals surface area (Å²) in [5.41, 5.74) is 3.43. The molecule has 3 heterocycles. The molecule has 1 aliphatic heterocycles. The van der Waals surface area contributed by atoms with E-state index in [-0.39, 0.29) is 11.3 Å². The van der Waals surface area contributed by atoms with Gasteiger partial charge in [-0.2, -0.15) is 0 Å². The zero-order chi connectivity index (χ0) is 30.1. The Morgan fingerprint density at radius 2 is 1.81 bits per heavy atom. The maximum atomic E-state index is 13.9. The van der Waals surface area contributed by atoms with Crippen LogP contribution in [0, 0.1) is 0 Å². The Morgan fingerprint density at radius 3 is 2.53 bits per heavy atom. The number of carbonyl (C=O) groups excluding carboxylic acids is 1. The zero-order valence-corrected chi connectivity index (χ0v) is 26.1. The molecule has 5 aromatic rings. The number of hydrogen-bond donors (Lipinski definition) is 0. The van der Waals surface area contributed by atoms with E-state index < -0.39 is 6.04 Å². The fourth-order valence-electron chi connectivity index (χ4n) is 5.09. The molecule has 3 aromatic carbocycles. The van der Waals surface area contributed by atoms with Gasteiger partial charge in [-0.05, 0) is 67.4 Å². The highest BCUT2D eigenvalue weighted by atomic mass is 79.9. The Balaban J connectivity index is 1.38. The predicted octanol–water partition coefficient (Wildman–Crippen LogP) is 6.43. The number of furan rings is 1. The highest BCUT2D eigenvalue weighted by Gasteiger charge is 2.33. The second-order valence-electron chi connectivity index (χ2n) is 10.0. The number of ether oxygens (including phenoxy) is 2. The largest absolute Gasteiger partial charge is 0.493 e. The molecule has 0 bridgehead atoms. The molecule has 1 aliphatic rings. The molecule has 216 valence electrons. The smallest absolute Gasteiger partial charge is 0.271 e. The van der Waals surface area contributed by atoms with Crippen molar-refractivity contribution in [1.82, 2.24) is 4.57 Å². The van der Waals surface area contributed by atoms with Gasteiger partial charge in [0.15, 0.2) is 22.1 Å². The SMILES string of the molecule is COc1cc(/C=c2/sc3n(c2=O)[C@H](c2ccc(-c4ccc(Br)cc4)o2)C(C(C)=O)=C(C)N=3)ccc1OCc1ccccc1. The van der Waals surface area contributed by atoms with Crippen LogP contribution < -0.4 is 24.4 Å². The summed E-state index contributed by atoms with van der Waals surface area (Å²) in [6, 6.07) is 26.1. The van der Waals surface area contributed by atoms with Gasteiger partial charge in [-0.15, -0.1) is 0 Å². The Labute approximate surface area is 260 Å². The minimum Gasteiger partial charge on any atom is -0.493 e. The molecule has 0 fully saturated rings. The van der Waals surface area contributed by atoms with Gasteiger partial charge >= 0.3 is 0 Å². The normalized spacial score (nSPS) is 14.8. The van der Waals surface area contributed by atoms with Crippen LogP contribution in [-0.2, 0) is 11.4 Å². The van der Waals surface area contributed by atoms with E-state index in [2.05, 4.69) is 20.9 Å². The molecular formula is C34H27BrN2O5S. The Kier molecular flexibility index (Phi) is 8.01. The summed E-state index contributed by atoms with van der Waals surface area (Å²) >= 11 is 4.72. The second kappa shape index (κ2) is 12.0. The van der Waals surface area contributed by atoms with Crippen molar-refractivity contribution in [2.45, 2.75) is 26.5 Å². The number of carbonyl (C=O) groups is 1. The van der Waals surface area contributed by atoms with Crippen molar-refractivity contribution < 1.29 is 18.7 Å². The lowest BCUT2D eigenvalue weighted by Gasteiger charge is -2.22. The summed E-state index contributed by atoms with van der Waals surface area (Å²) in [4.78, 5) is 31.9. The van der Waals surface area contributed by atoms with Crippen molar-refractivity contribution in [1.29, 1.82) is 0 Å². The molecule has 0 spiro atoms. The molecular weight excluding hydrogens is 628 g/mol. The number of benzene rings is 3. The summed E-state index contributed by atoms with van der Waals surface area (Å²) in [6.45, 7) is 3.69. The number of fused-ring (bicyclic) bond motifs is 1. The van der Waals surface area contributed by atoms with Crippen molar-refractivity contribution in [2.24, 2.45) is 4.99 Å². The molecule has 0 amide bonds. The third-order valence-electron chi connectivity index (χ3n) is 7.15. The van der Waals surface area contributed by atoms with Crippen LogP contribution in [0.15, 0.2) is 115 Å². The van der Waals surface area contributed by atoms with Gasteiger partial charge in [-0.1, -0.05) is 75.8 Å². The third kappa shape index (κ3) is 5.78. The van der Waals surface area contributed by atoms with Crippen LogP contribution >= 0.6 is 27.3 Å². The van der Waals surface area contributed by atoms with Gasteiger partial charge in [0.1, 0.15) is 24.2 Å². The van der Waals surface area contributed by atoms with Crippen molar-refractivity contribution in [2.75, 3.05) is 7.11 Å². The number of thiazole rings is 1. The van der Waals surface area contributed by atoms with Crippen molar-refractivity contribution in [3.05, 3.63) is 137 Å². The number of nitrogens with zero attached hydrogens (tertiary/aromatic N) is 2. The van der Waals surface area contributed by atoms with Crippen LogP contribution in [0.4, 0.5) is 0 Å². The van der Waals surface area contributed by atoms with Gasteiger partial charge in [0.25, 0.3) is 5.56 Å². The number of ketones is 1. The molecule has 0 aliphatic carbocycles. The number of allylic oxidation sites excluding steroid dienone is 2. The Morgan fingerprint density at radius 1 is 1.05 bits per heavy atom. The molecule has 0 radical (unpaired) electrons. The molecule has 0 saturated heterocycles. The van der Waals surface area contributed by atoms with E-state index >= 15 is 0 Å².